The summed E-state index contributed by atoms with van der Waals surface area (Å²) in [6.45, 7) is 21.7. The van der Waals surface area contributed by atoms with Gasteiger partial charge in [-0.1, -0.05) is 61.2 Å². The Morgan fingerprint density at radius 2 is 1.25 bits per heavy atom. The lowest BCUT2D eigenvalue weighted by Crippen LogP contribution is -2.42. The molecule has 0 aliphatic rings. The van der Waals surface area contributed by atoms with Gasteiger partial charge in [-0.2, -0.15) is 0 Å². The molecule has 0 spiro atoms. The van der Waals surface area contributed by atoms with Gasteiger partial charge < -0.3 is 4.43 Å². The summed E-state index contributed by atoms with van der Waals surface area (Å²) < 4.78 is 6.85. The minimum atomic E-state index is -1.72. The first-order valence-electron chi connectivity index (χ1n) is 12.2. The van der Waals surface area contributed by atoms with Crippen molar-refractivity contribution < 1.29 is 4.43 Å². The molecule has 0 aliphatic heterocycles. The molecule has 2 nitrogen and oxygen atoms in total. The number of rotatable bonds is 11. The zero-order valence-electron chi connectivity index (χ0n) is 21.6. The highest BCUT2D eigenvalue weighted by Gasteiger charge is 2.33. The van der Waals surface area contributed by atoms with E-state index < -0.39 is 8.32 Å². The lowest BCUT2D eigenvalue weighted by Gasteiger charge is -2.34. The van der Waals surface area contributed by atoms with E-state index in [1.165, 1.54) is 33.4 Å². The Morgan fingerprint density at radius 3 is 1.59 bits per heavy atom. The minimum absolute atomic E-state index is 0.0423. The Hall–Kier alpha value is -1.97. The van der Waals surface area contributed by atoms with Crippen LogP contribution in [0.5, 0.6) is 0 Å². The molecule has 2 aromatic carbocycles. The van der Waals surface area contributed by atoms with Crippen LogP contribution in [0.3, 0.4) is 0 Å². The van der Waals surface area contributed by atoms with Crippen molar-refractivity contribution in [2.45, 2.75) is 92.1 Å². The van der Waals surface area contributed by atoms with Crippen LogP contribution in [-0.2, 0) is 4.43 Å². The van der Waals surface area contributed by atoms with Crippen LogP contribution < -0.4 is 0 Å². The second-order valence-electron chi connectivity index (χ2n) is 9.39. The molecule has 2 rings (SSSR count). The van der Waals surface area contributed by atoms with E-state index in [1.54, 1.807) is 0 Å². The number of aryl methyl sites for hydroxylation is 4. The summed E-state index contributed by atoms with van der Waals surface area (Å²) in [6, 6.07) is 16.9. The van der Waals surface area contributed by atoms with E-state index in [0.717, 1.165) is 30.3 Å². The molecule has 2 aromatic rings. The topological polar surface area (TPSA) is 21.6 Å². The van der Waals surface area contributed by atoms with Crippen LogP contribution in [0, 0.1) is 27.7 Å². The summed E-state index contributed by atoms with van der Waals surface area (Å²) in [5.74, 6) is 0. The van der Waals surface area contributed by atoms with Gasteiger partial charge in [0.25, 0.3) is 0 Å². The quantitative estimate of drug-likeness (QED) is 0.193. The summed E-state index contributed by atoms with van der Waals surface area (Å²) in [7, 11) is -1.72. The first-order valence-corrected chi connectivity index (χ1v) is 14.7. The van der Waals surface area contributed by atoms with Gasteiger partial charge >= 0.3 is 0 Å². The third-order valence-corrected chi connectivity index (χ3v) is 11.3. The Kier molecular flexibility index (Phi) is 9.66. The van der Waals surface area contributed by atoms with Crippen molar-refractivity contribution in [2.75, 3.05) is 0 Å². The van der Waals surface area contributed by atoms with Gasteiger partial charge in [0.2, 0.25) is 0 Å². The molecule has 32 heavy (non-hydrogen) atoms. The lowest BCUT2D eigenvalue weighted by molar-refractivity contribution is 0.176. The van der Waals surface area contributed by atoms with E-state index in [1.807, 2.05) is 6.08 Å². The highest BCUT2D eigenvalue weighted by Crippen LogP contribution is 2.27. The van der Waals surface area contributed by atoms with Crippen molar-refractivity contribution >= 4 is 14.0 Å². The fraction of sp³-hybridized carbons (Fsp3) is 0.483. The fourth-order valence-corrected chi connectivity index (χ4v) is 7.64. The Labute approximate surface area is 198 Å². The van der Waals surface area contributed by atoms with Crippen molar-refractivity contribution in [2.24, 2.45) is 4.99 Å². The number of aliphatic imine (C=N–C) groups is 1. The van der Waals surface area contributed by atoms with Crippen molar-refractivity contribution in [1.29, 1.82) is 0 Å². The summed E-state index contributed by atoms with van der Waals surface area (Å²) in [6.07, 6.45) is 2.86. The fourth-order valence-electron chi connectivity index (χ4n) is 4.70. The standard InChI is InChI=1S/C29H43NOSi/c1-10-14-28(25(9)31-32(11-2,12-3)13-4)30-29(26-17-21(5)15-22(6)18-26)27-19-23(7)16-24(8)20-27/h10,15-20,25,28H,1,11-14H2,2-9H3/t25-,28-/m0/s1. The van der Waals surface area contributed by atoms with Gasteiger partial charge in [0.05, 0.1) is 17.9 Å². The highest BCUT2D eigenvalue weighted by molar-refractivity contribution is 6.73. The van der Waals surface area contributed by atoms with Crippen LogP contribution in [0.15, 0.2) is 54.0 Å². The monoisotopic (exact) mass is 449 g/mol. The van der Waals surface area contributed by atoms with E-state index in [9.17, 15) is 0 Å². The number of benzene rings is 2. The largest absolute Gasteiger partial charge is 0.412 e. The summed E-state index contributed by atoms with van der Waals surface area (Å²) >= 11 is 0. The van der Waals surface area contributed by atoms with E-state index in [-0.39, 0.29) is 12.1 Å². The number of hydrogen-bond donors (Lipinski definition) is 0. The third kappa shape index (κ3) is 6.76. The molecule has 0 unspecified atom stereocenters. The molecular formula is C29H43NOSi. The van der Waals surface area contributed by atoms with Crippen LogP contribution in [0.25, 0.3) is 0 Å². The molecule has 0 aliphatic carbocycles. The zero-order chi connectivity index (χ0) is 23.9. The van der Waals surface area contributed by atoms with E-state index >= 15 is 0 Å². The maximum Gasteiger partial charge on any atom is 0.192 e. The van der Waals surface area contributed by atoms with Gasteiger partial charge in [-0.3, -0.25) is 4.99 Å². The van der Waals surface area contributed by atoms with Crippen LogP contribution >= 0.6 is 0 Å². The molecule has 0 amide bonds. The second kappa shape index (κ2) is 11.8. The second-order valence-corrected chi connectivity index (χ2v) is 14.1. The van der Waals surface area contributed by atoms with E-state index in [4.69, 9.17) is 9.42 Å². The van der Waals surface area contributed by atoms with Gasteiger partial charge in [-0.25, -0.2) is 0 Å². The van der Waals surface area contributed by atoms with Gasteiger partial charge in [0.1, 0.15) is 0 Å². The minimum Gasteiger partial charge on any atom is -0.412 e. The predicted molar refractivity (Wildman–Crippen MR) is 144 cm³/mol. The average Bonchev–Trinajstić information content (AvgIpc) is 2.73. The summed E-state index contributed by atoms with van der Waals surface area (Å²) in [4.78, 5) is 5.40. The molecule has 0 saturated heterocycles. The number of hydrogen-bond acceptors (Lipinski definition) is 2. The molecule has 174 valence electrons. The highest BCUT2D eigenvalue weighted by atomic mass is 28.4. The molecule has 0 bridgehead atoms. The lowest BCUT2D eigenvalue weighted by atomic mass is 9.95. The summed E-state index contributed by atoms with van der Waals surface area (Å²) in [5.41, 5.74) is 8.46. The Morgan fingerprint density at radius 1 is 0.844 bits per heavy atom. The molecule has 0 radical (unpaired) electrons. The van der Waals surface area contributed by atoms with Gasteiger partial charge in [0, 0.05) is 11.1 Å². The van der Waals surface area contributed by atoms with Gasteiger partial charge in [-0.15, -0.1) is 6.58 Å². The first kappa shape index (κ1) is 26.3. The van der Waals surface area contributed by atoms with Gasteiger partial charge in [-0.05, 0) is 83.4 Å². The smallest absolute Gasteiger partial charge is 0.192 e. The molecular weight excluding hydrogens is 406 g/mol. The van der Waals surface area contributed by atoms with Crippen LogP contribution in [-0.4, -0.2) is 26.2 Å². The number of nitrogens with zero attached hydrogens (tertiary/aromatic N) is 1. The molecule has 3 heteroatoms. The normalized spacial score (nSPS) is 13.5. The van der Waals surface area contributed by atoms with Crippen LogP contribution in [0.2, 0.25) is 18.1 Å². The van der Waals surface area contributed by atoms with Crippen LogP contribution in [0.4, 0.5) is 0 Å². The van der Waals surface area contributed by atoms with E-state index in [2.05, 4.69) is 98.4 Å². The summed E-state index contributed by atoms with van der Waals surface area (Å²) in [5, 5.41) is 0. The Bertz CT molecular complexity index is 840. The maximum atomic E-state index is 6.85. The Balaban J connectivity index is 2.62. The van der Waals surface area contributed by atoms with Gasteiger partial charge in [0.15, 0.2) is 8.32 Å². The molecule has 0 N–H and O–H groups in total. The molecule has 2 atom stereocenters. The first-order chi connectivity index (χ1) is 15.2. The SMILES string of the molecule is C=CC[C@H](N=C(c1cc(C)cc(C)c1)c1cc(C)cc(C)c1)[C@H](C)O[Si](CC)(CC)CC. The predicted octanol–water partition coefficient (Wildman–Crippen LogP) is 8.11. The molecule has 0 heterocycles. The third-order valence-electron chi connectivity index (χ3n) is 6.60. The maximum absolute atomic E-state index is 6.85. The molecule has 0 saturated carbocycles. The van der Waals surface area contributed by atoms with Crippen molar-refractivity contribution in [1.82, 2.24) is 0 Å². The van der Waals surface area contributed by atoms with Crippen molar-refractivity contribution in [3.05, 3.63) is 82.4 Å². The van der Waals surface area contributed by atoms with E-state index in [0.29, 0.717) is 0 Å². The molecule has 0 fully saturated rings. The van der Waals surface area contributed by atoms with Crippen LogP contribution in [0.1, 0.15) is 67.5 Å². The molecule has 0 aromatic heterocycles. The van der Waals surface area contributed by atoms with Crippen molar-refractivity contribution in [3.63, 3.8) is 0 Å². The zero-order valence-corrected chi connectivity index (χ0v) is 22.6. The average molecular weight is 450 g/mol. The van der Waals surface area contributed by atoms with Crippen molar-refractivity contribution in [3.8, 4) is 0 Å².